The summed E-state index contributed by atoms with van der Waals surface area (Å²) < 4.78 is 8.68. The molecule has 0 rings (SSSR count). The van der Waals surface area contributed by atoms with Gasteiger partial charge in [-0.15, -0.1) is 0 Å². The smallest absolute Gasteiger partial charge is 0.330 e. The maximum atomic E-state index is 11.0. The van der Waals surface area contributed by atoms with Crippen LogP contribution >= 0.6 is 0 Å². The fourth-order valence-corrected chi connectivity index (χ4v) is 0.646. The van der Waals surface area contributed by atoms with Gasteiger partial charge < -0.3 is 14.6 Å². The number of hydrogen-bond acceptors (Lipinski definition) is 6. The van der Waals surface area contributed by atoms with Gasteiger partial charge in [0.05, 0.1) is 6.42 Å². The molecule has 0 aromatic carbocycles. The molecule has 7 nitrogen and oxygen atoms in total. The van der Waals surface area contributed by atoms with Crippen molar-refractivity contribution in [3.63, 3.8) is 0 Å². The predicted molar refractivity (Wildman–Crippen MR) is 53.7 cm³/mol. The van der Waals surface area contributed by atoms with Gasteiger partial charge in [-0.1, -0.05) is 6.58 Å². The lowest BCUT2D eigenvalue weighted by molar-refractivity contribution is -0.166. The summed E-state index contributed by atoms with van der Waals surface area (Å²) in [5.74, 6) is -5.63. The minimum Gasteiger partial charge on any atom is -0.481 e. The van der Waals surface area contributed by atoms with Gasteiger partial charge in [-0.3, -0.25) is 14.4 Å². The first-order valence-corrected chi connectivity index (χ1v) is 4.65. The minimum absolute atomic E-state index is 0.265. The molecular weight excluding hydrogens is 232 g/mol. The van der Waals surface area contributed by atoms with Crippen molar-refractivity contribution in [2.75, 3.05) is 6.61 Å². The summed E-state index contributed by atoms with van der Waals surface area (Å²) in [6, 6.07) is 0. The van der Waals surface area contributed by atoms with Crippen LogP contribution in [0, 0.1) is 5.92 Å². The molecule has 0 saturated heterocycles. The molecule has 0 fully saturated rings. The van der Waals surface area contributed by atoms with Gasteiger partial charge in [0.1, 0.15) is 6.61 Å². The Labute approximate surface area is 97.0 Å². The van der Waals surface area contributed by atoms with E-state index in [9.17, 15) is 19.2 Å². The molecule has 0 radical (unpaired) electrons. The third-order valence-electron chi connectivity index (χ3n) is 1.66. The number of hydrogen-bond donors (Lipinski definition) is 1. The molecule has 0 aromatic rings. The lowest BCUT2D eigenvalue weighted by Crippen LogP contribution is -2.25. The van der Waals surface area contributed by atoms with E-state index in [4.69, 9.17) is 5.11 Å². The molecule has 1 N–H and O–H groups in total. The second-order valence-corrected chi connectivity index (χ2v) is 2.97. The van der Waals surface area contributed by atoms with Crippen molar-refractivity contribution in [3.8, 4) is 0 Å². The van der Waals surface area contributed by atoms with Crippen LogP contribution in [0.4, 0.5) is 0 Å². The molecule has 7 heteroatoms. The van der Waals surface area contributed by atoms with Crippen molar-refractivity contribution in [1.29, 1.82) is 0 Å². The monoisotopic (exact) mass is 244 g/mol. The van der Waals surface area contributed by atoms with Gasteiger partial charge in [0.2, 0.25) is 0 Å². The van der Waals surface area contributed by atoms with Crippen LogP contribution in [-0.2, 0) is 28.7 Å². The van der Waals surface area contributed by atoms with Gasteiger partial charge in [0, 0.05) is 6.08 Å². The lowest BCUT2D eigenvalue weighted by atomic mass is 10.2. The fraction of sp³-hybridized carbons (Fsp3) is 0.400. The van der Waals surface area contributed by atoms with Crippen LogP contribution in [0.2, 0.25) is 0 Å². The van der Waals surface area contributed by atoms with Crippen molar-refractivity contribution in [1.82, 2.24) is 0 Å². The third kappa shape index (κ3) is 6.08. The molecule has 94 valence electrons. The Hall–Kier alpha value is -2.18. The maximum Gasteiger partial charge on any atom is 0.330 e. The highest BCUT2D eigenvalue weighted by atomic mass is 16.6. The van der Waals surface area contributed by atoms with Crippen molar-refractivity contribution in [3.05, 3.63) is 12.7 Å². The molecule has 0 aliphatic carbocycles. The molecule has 0 spiro atoms. The molecule has 1 unspecified atom stereocenters. The highest BCUT2D eigenvalue weighted by molar-refractivity contribution is 5.98. The van der Waals surface area contributed by atoms with E-state index in [0.717, 1.165) is 13.0 Å². The number of carbonyl (C=O) groups excluding carboxylic acids is 3. The Morgan fingerprint density at radius 1 is 1.35 bits per heavy atom. The normalized spacial score (nSPS) is 11.1. The summed E-state index contributed by atoms with van der Waals surface area (Å²) in [4.78, 5) is 42.9. The van der Waals surface area contributed by atoms with Crippen molar-refractivity contribution >= 4 is 23.9 Å². The van der Waals surface area contributed by atoms with Gasteiger partial charge in [-0.25, -0.2) is 4.79 Å². The number of ether oxygens (including phenoxy) is 2. The molecule has 17 heavy (non-hydrogen) atoms. The molecule has 0 heterocycles. The number of rotatable bonds is 6. The second-order valence-electron chi connectivity index (χ2n) is 2.97. The van der Waals surface area contributed by atoms with Crippen LogP contribution in [0.3, 0.4) is 0 Å². The van der Waals surface area contributed by atoms with E-state index >= 15 is 0 Å². The first kappa shape index (κ1) is 14.8. The van der Waals surface area contributed by atoms with Gasteiger partial charge in [0.25, 0.3) is 0 Å². The maximum absolute atomic E-state index is 11.0. The molecule has 1 atom stereocenters. The van der Waals surface area contributed by atoms with E-state index in [1.165, 1.54) is 0 Å². The highest BCUT2D eigenvalue weighted by Gasteiger charge is 2.24. The van der Waals surface area contributed by atoms with Crippen LogP contribution in [-0.4, -0.2) is 35.6 Å². The van der Waals surface area contributed by atoms with E-state index in [2.05, 4.69) is 16.1 Å². The average Bonchev–Trinajstić information content (AvgIpc) is 2.27. The summed E-state index contributed by atoms with van der Waals surface area (Å²) in [7, 11) is 0. The van der Waals surface area contributed by atoms with Crippen molar-refractivity contribution in [2.45, 2.75) is 13.3 Å². The molecule has 0 amide bonds. The Morgan fingerprint density at radius 3 is 2.41 bits per heavy atom. The van der Waals surface area contributed by atoms with Gasteiger partial charge in [-0.2, -0.15) is 0 Å². The SMILES string of the molecule is C=CC(=O)OCCC(=O)OC(=O)C(C)C(=O)O. The van der Waals surface area contributed by atoms with Crippen LogP contribution < -0.4 is 0 Å². The Balaban J connectivity index is 3.94. The van der Waals surface area contributed by atoms with Crippen LogP contribution in [0.25, 0.3) is 0 Å². The van der Waals surface area contributed by atoms with Crippen LogP contribution in [0.15, 0.2) is 12.7 Å². The van der Waals surface area contributed by atoms with Crippen LogP contribution in [0.1, 0.15) is 13.3 Å². The summed E-state index contributed by atoms with van der Waals surface area (Å²) in [6.07, 6.45) is 0.584. The zero-order valence-corrected chi connectivity index (χ0v) is 9.17. The first-order valence-electron chi connectivity index (χ1n) is 4.65. The fourth-order valence-electron chi connectivity index (χ4n) is 0.646. The average molecular weight is 244 g/mol. The zero-order valence-electron chi connectivity index (χ0n) is 9.17. The zero-order chi connectivity index (χ0) is 13.4. The number of carboxylic acids is 1. The van der Waals surface area contributed by atoms with Gasteiger partial charge in [0.15, 0.2) is 5.92 Å². The molecule has 0 aromatic heterocycles. The standard InChI is InChI=1S/C10H12O7/c1-3-7(11)16-5-4-8(12)17-10(15)6(2)9(13)14/h3,6H,1,4-5H2,2H3,(H,13,14). The molecular formula is C10H12O7. The molecule has 0 saturated carbocycles. The van der Waals surface area contributed by atoms with E-state index < -0.39 is 29.8 Å². The van der Waals surface area contributed by atoms with Crippen molar-refractivity contribution in [2.24, 2.45) is 5.92 Å². The Kier molecular flexibility index (Phi) is 6.24. The third-order valence-corrected chi connectivity index (χ3v) is 1.66. The number of carbonyl (C=O) groups is 4. The number of carboxylic acid groups (broad SMARTS) is 1. The molecule has 0 aliphatic rings. The summed E-state index contributed by atoms with van der Waals surface area (Å²) in [6.45, 7) is 3.97. The largest absolute Gasteiger partial charge is 0.481 e. The van der Waals surface area contributed by atoms with Gasteiger partial charge in [-0.05, 0) is 6.92 Å². The second kappa shape index (κ2) is 7.15. The summed E-state index contributed by atoms with van der Waals surface area (Å²) in [5.41, 5.74) is 0. The predicted octanol–water partition coefficient (Wildman–Crippen LogP) is -0.104. The van der Waals surface area contributed by atoms with E-state index in [0.29, 0.717) is 0 Å². The number of aliphatic carboxylic acids is 1. The summed E-state index contributed by atoms with van der Waals surface area (Å²) >= 11 is 0. The molecule has 0 bridgehead atoms. The summed E-state index contributed by atoms with van der Waals surface area (Å²) in [5, 5.41) is 8.45. The quantitative estimate of drug-likeness (QED) is 0.394. The number of esters is 3. The van der Waals surface area contributed by atoms with Crippen molar-refractivity contribution < 1.29 is 33.8 Å². The van der Waals surface area contributed by atoms with E-state index in [1.54, 1.807) is 0 Å². The molecule has 0 aliphatic heterocycles. The highest BCUT2D eigenvalue weighted by Crippen LogP contribution is 2.00. The minimum atomic E-state index is -1.42. The van der Waals surface area contributed by atoms with E-state index in [-0.39, 0.29) is 13.0 Å². The van der Waals surface area contributed by atoms with Crippen LogP contribution in [0.5, 0.6) is 0 Å². The van der Waals surface area contributed by atoms with Gasteiger partial charge >= 0.3 is 23.9 Å². The Morgan fingerprint density at radius 2 is 1.94 bits per heavy atom. The first-order chi connectivity index (χ1) is 7.88. The Bertz CT molecular complexity index is 345. The topological polar surface area (TPSA) is 107 Å². The lowest BCUT2D eigenvalue weighted by Gasteiger charge is -2.05. The van der Waals surface area contributed by atoms with E-state index in [1.807, 2.05) is 0 Å².